The number of carbonyl (C=O) groups is 3. The van der Waals surface area contributed by atoms with E-state index in [0.29, 0.717) is 5.56 Å². The van der Waals surface area contributed by atoms with Gasteiger partial charge in [-0.15, -0.1) is 0 Å². The van der Waals surface area contributed by atoms with Crippen LogP contribution in [0.25, 0.3) is 16.9 Å². The molecule has 1 amide bonds. The van der Waals surface area contributed by atoms with Crippen molar-refractivity contribution in [1.29, 1.82) is 0 Å². The average molecular weight is 534 g/mol. The van der Waals surface area contributed by atoms with E-state index in [-0.39, 0.29) is 29.7 Å². The Balaban J connectivity index is 1.70. The van der Waals surface area contributed by atoms with E-state index in [4.69, 9.17) is 5.73 Å². The number of aromatic hydroxyl groups is 1. The molecule has 1 saturated carbocycles. The highest BCUT2D eigenvalue weighted by atomic mass is 16.3. The van der Waals surface area contributed by atoms with Crippen molar-refractivity contribution < 1.29 is 34.8 Å². The number of aliphatic hydroxyl groups excluding tert-OH is 2. The fourth-order valence-corrected chi connectivity index (χ4v) is 6.45. The molecule has 0 unspecified atom stereocenters. The predicted octanol–water partition coefficient (Wildman–Crippen LogP) is 1.70. The van der Waals surface area contributed by atoms with Crippen LogP contribution in [-0.2, 0) is 20.8 Å². The van der Waals surface area contributed by atoms with E-state index >= 15 is 0 Å². The summed E-state index contributed by atoms with van der Waals surface area (Å²) < 4.78 is 0. The molecule has 6 N–H and O–H groups in total. The first-order chi connectivity index (χ1) is 18.3. The number of aliphatic hydroxyl groups is 3. The Labute approximate surface area is 225 Å². The van der Waals surface area contributed by atoms with Crippen molar-refractivity contribution >= 4 is 28.9 Å². The number of phenols is 1. The lowest BCUT2D eigenvalue weighted by Gasteiger charge is -2.50. The molecule has 0 aromatic heterocycles. The van der Waals surface area contributed by atoms with Gasteiger partial charge >= 0.3 is 0 Å². The topological polar surface area (TPSA) is 165 Å². The highest BCUT2D eigenvalue weighted by molar-refractivity contribution is 6.24. The molecule has 0 bridgehead atoms. The lowest BCUT2D eigenvalue weighted by atomic mass is 9.57. The third-order valence-corrected chi connectivity index (χ3v) is 8.30. The van der Waals surface area contributed by atoms with Gasteiger partial charge in [-0.25, -0.2) is 0 Å². The molecule has 39 heavy (non-hydrogen) atoms. The number of hydrogen-bond acceptors (Lipinski definition) is 9. The van der Waals surface area contributed by atoms with E-state index in [1.807, 2.05) is 43.3 Å². The molecule has 2 aromatic rings. The molecule has 10 nitrogen and oxygen atoms in total. The molecule has 204 valence electrons. The van der Waals surface area contributed by atoms with Crippen LogP contribution < -0.4 is 10.6 Å². The normalized spacial score (nSPS) is 26.4. The number of hydrogen-bond donors (Lipinski definition) is 5. The quantitative estimate of drug-likeness (QED) is 0.368. The summed E-state index contributed by atoms with van der Waals surface area (Å²) in [7, 11) is 7.00. The van der Waals surface area contributed by atoms with Gasteiger partial charge in [-0.05, 0) is 67.7 Å². The molecule has 0 radical (unpaired) electrons. The zero-order chi connectivity index (χ0) is 28.5. The highest BCUT2D eigenvalue weighted by Crippen LogP contribution is 2.53. The number of anilines is 1. The minimum atomic E-state index is -2.65. The molecular weight excluding hydrogens is 502 g/mol. The molecule has 0 spiro atoms. The molecule has 4 atom stereocenters. The van der Waals surface area contributed by atoms with Crippen LogP contribution >= 0.6 is 0 Å². The molecule has 1 fully saturated rings. The fourth-order valence-electron chi connectivity index (χ4n) is 6.45. The maximum absolute atomic E-state index is 13.9. The van der Waals surface area contributed by atoms with Gasteiger partial charge in [0.15, 0.2) is 11.4 Å². The zero-order valence-electron chi connectivity index (χ0n) is 22.1. The summed E-state index contributed by atoms with van der Waals surface area (Å²) in [6, 6.07) is 9.81. The lowest BCUT2D eigenvalue weighted by molar-refractivity contribution is -0.153. The summed E-state index contributed by atoms with van der Waals surface area (Å²) in [5.74, 6) is -6.66. The molecule has 5 rings (SSSR count). The Bertz CT molecular complexity index is 1490. The summed E-state index contributed by atoms with van der Waals surface area (Å²) in [6.45, 7) is 0. The minimum absolute atomic E-state index is 0.0421. The van der Waals surface area contributed by atoms with E-state index in [2.05, 4.69) is 0 Å². The molecule has 0 aliphatic heterocycles. The molecule has 3 aliphatic rings. The van der Waals surface area contributed by atoms with E-state index < -0.39 is 58.0 Å². The third-order valence-electron chi connectivity index (χ3n) is 8.30. The second kappa shape index (κ2) is 8.96. The van der Waals surface area contributed by atoms with Crippen molar-refractivity contribution in [2.75, 3.05) is 33.1 Å². The van der Waals surface area contributed by atoms with Crippen LogP contribution in [0.2, 0.25) is 0 Å². The highest BCUT2D eigenvalue weighted by Gasteiger charge is 2.64. The Morgan fingerprint density at radius 2 is 1.64 bits per heavy atom. The number of ketones is 2. The number of phenolic OH excluding ortho intramolecular Hbond substituents is 1. The van der Waals surface area contributed by atoms with Gasteiger partial charge in [-0.1, -0.05) is 18.2 Å². The Hall–Kier alpha value is -4.15. The molecule has 2 aromatic carbocycles. The van der Waals surface area contributed by atoms with E-state index in [0.717, 1.165) is 16.8 Å². The van der Waals surface area contributed by atoms with E-state index in [1.54, 1.807) is 20.2 Å². The number of nitrogens with zero attached hydrogens (tertiary/aromatic N) is 2. The monoisotopic (exact) mass is 533 g/mol. The Kier molecular flexibility index (Phi) is 6.08. The number of primary amides is 1. The molecule has 0 heterocycles. The summed E-state index contributed by atoms with van der Waals surface area (Å²) in [4.78, 5) is 42.7. The first-order valence-corrected chi connectivity index (χ1v) is 12.6. The number of amides is 1. The maximum atomic E-state index is 13.9. The SMILES string of the molecule is CN(C)c1ccc(-c2ccc(O)c3c2C[C@@H]2C[C@@H]4[C@@H](N(C)C)C(=O)C(C(N)=O)=C(O)[C@@]4(O)C(=O)C2=C3O)cc1. The first kappa shape index (κ1) is 26.5. The van der Waals surface area contributed by atoms with Crippen LogP contribution in [-0.4, -0.2) is 82.6 Å². The minimum Gasteiger partial charge on any atom is -0.508 e. The largest absolute Gasteiger partial charge is 0.508 e. The second-order valence-electron chi connectivity index (χ2n) is 10.9. The van der Waals surface area contributed by atoms with Gasteiger partial charge in [0.05, 0.1) is 11.6 Å². The van der Waals surface area contributed by atoms with Crippen molar-refractivity contribution in [3.05, 3.63) is 64.4 Å². The Morgan fingerprint density at radius 3 is 2.21 bits per heavy atom. The second-order valence-corrected chi connectivity index (χ2v) is 10.9. The average Bonchev–Trinajstić information content (AvgIpc) is 2.86. The van der Waals surface area contributed by atoms with Crippen LogP contribution in [0.1, 0.15) is 17.5 Å². The maximum Gasteiger partial charge on any atom is 0.255 e. The summed E-state index contributed by atoms with van der Waals surface area (Å²) >= 11 is 0. The van der Waals surface area contributed by atoms with E-state index in [1.165, 1.54) is 11.0 Å². The van der Waals surface area contributed by atoms with Gasteiger partial charge < -0.3 is 31.1 Å². The van der Waals surface area contributed by atoms with Gasteiger partial charge in [-0.3, -0.25) is 19.3 Å². The van der Waals surface area contributed by atoms with Gasteiger partial charge in [0.1, 0.15) is 22.8 Å². The van der Waals surface area contributed by atoms with Crippen LogP contribution in [0.5, 0.6) is 5.75 Å². The number of nitrogens with two attached hydrogens (primary N) is 1. The first-order valence-electron chi connectivity index (χ1n) is 12.6. The van der Waals surface area contributed by atoms with Crippen molar-refractivity contribution in [3.63, 3.8) is 0 Å². The number of carbonyl (C=O) groups excluding carboxylic acids is 3. The van der Waals surface area contributed by atoms with Crippen molar-refractivity contribution in [1.82, 2.24) is 4.90 Å². The van der Waals surface area contributed by atoms with Crippen LogP contribution in [0.3, 0.4) is 0 Å². The molecular formula is C29H31N3O7. The standard InChI is InChI=1S/C29H31N3O7/c1-31(2)15-7-5-13(6-8-15)16-9-10-19(33)21-17(16)11-14-12-18-23(32(3)4)25(35)22(28(30)38)27(37)29(18,39)26(36)20(14)24(21)34/h5-10,14,18,23,33-34,37,39H,11-12H2,1-4H3,(H2,30,38)/t14-,18-,23-,29+/m1/s1. The van der Waals surface area contributed by atoms with Crippen molar-refractivity contribution in [3.8, 4) is 16.9 Å². The number of benzene rings is 2. The van der Waals surface area contributed by atoms with Crippen LogP contribution in [0, 0.1) is 11.8 Å². The smallest absolute Gasteiger partial charge is 0.255 e. The van der Waals surface area contributed by atoms with Gasteiger partial charge in [0, 0.05) is 31.3 Å². The van der Waals surface area contributed by atoms with Gasteiger partial charge in [-0.2, -0.15) is 0 Å². The summed E-state index contributed by atoms with van der Waals surface area (Å²) in [5.41, 5.74) is 5.00. The van der Waals surface area contributed by atoms with E-state index in [9.17, 15) is 34.8 Å². The van der Waals surface area contributed by atoms with Gasteiger partial charge in [0.2, 0.25) is 5.78 Å². The van der Waals surface area contributed by atoms with Crippen LogP contribution in [0.4, 0.5) is 5.69 Å². The Morgan fingerprint density at radius 1 is 1.00 bits per heavy atom. The predicted molar refractivity (Wildman–Crippen MR) is 144 cm³/mol. The lowest BCUT2D eigenvalue weighted by Crippen LogP contribution is -2.65. The van der Waals surface area contributed by atoms with Crippen LogP contribution in [0.15, 0.2) is 53.3 Å². The third kappa shape index (κ3) is 3.66. The molecule has 10 heteroatoms. The number of likely N-dealkylation sites (N-methyl/N-ethyl adjacent to an activating group) is 1. The summed E-state index contributed by atoms with van der Waals surface area (Å²) in [6.07, 6.45) is 0.272. The van der Waals surface area contributed by atoms with Crippen molar-refractivity contribution in [2.45, 2.75) is 24.5 Å². The number of fused-ring (bicyclic) bond motifs is 3. The number of rotatable bonds is 4. The molecule has 3 aliphatic carbocycles. The summed E-state index contributed by atoms with van der Waals surface area (Å²) in [5, 5.41) is 44.8. The molecule has 0 saturated heterocycles. The fraction of sp³-hybridized carbons (Fsp3) is 0.345. The number of Topliss-reactive ketones (excluding diaryl/α,β-unsaturated/α-hetero) is 2. The van der Waals surface area contributed by atoms with Crippen molar-refractivity contribution in [2.24, 2.45) is 17.6 Å². The van der Waals surface area contributed by atoms with Gasteiger partial charge in [0.25, 0.3) is 5.91 Å². The zero-order valence-corrected chi connectivity index (χ0v) is 22.1.